The Morgan fingerprint density at radius 2 is 1.94 bits per heavy atom. The average Bonchev–Trinajstić information content (AvgIpc) is 2.85. The summed E-state index contributed by atoms with van der Waals surface area (Å²) in [5.74, 6) is 0.283. The number of amides is 1. The second-order valence-corrected chi connectivity index (χ2v) is 5.21. The van der Waals surface area contributed by atoms with Gasteiger partial charge in [0.1, 0.15) is 0 Å². The highest BCUT2D eigenvalue weighted by atomic mass is 16.2. The third-order valence-corrected chi connectivity index (χ3v) is 3.88. The Morgan fingerprint density at radius 1 is 1.24 bits per heavy atom. The van der Waals surface area contributed by atoms with Crippen LogP contribution in [0, 0.1) is 0 Å². The molecule has 1 amide bonds. The summed E-state index contributed by atoms with van der Waals surface area (Å²) in [6.07, 6.45) is 2.32. The molecule has 0 aromatic heterocycles. The number of hydrogen-bond donors (Lipinski definition) is 1. The molecule has 0 radical (unpaired) electrons. The monoisotopic (exact) mass is 240 g/mol. The van der Waals surface area contributed by atoms with Gasteiger partial charge in [-0.1, -0.05) is 0 Å². The van der Waals surface area contributed by atoms with Crippen LogP contribution in [0.25, 0.3) is 0 Å². The minimum atomic E-state index is 0.283. The summed E-state index contributed by atoms with van der Waals surface area (Å²) in [5, 5.41) is 0. The Labute approximate surface area is 104 Å². The molecule has 5 heteroatoms. The van der Waals surface area contributed by atoms with Crippen LogP contribution in [0.5, 0.6) is 0 Å². The van der Waals surface area contributed by atoms with Crippen molar-refractivity contribution in [2.75, 3.05) is 52.9 Å². The maximum atomic E-state index is 12.1. The normalized spacial score (nSPS) is 27.6. The van der Waals surface area contributed by atoms with Crippen molar-refractivity contribution in [3.05, 3.63) is 0 Å². The molecular formula is C12H24N4O. The van der Waals surface area contributed by atoms with Gasteiger partial charge in [-0.25, -0.2) is 0 Å². The Bertz CT molecular complexity index is 265. The van der Waals surface area contributed by atoms with Crippen LogP contribution < -0.4 is 5.73 Å². The zero-order chi connectivity index (χ0) is 12.3. The van der Waals surface area contributed by atoms with Crippen LogP contribution in [-0.4, -0.2) is 79.5 Å². The van der Waals surface area contributed by atoms with Gasteiger partial charge in [-0.15, -0.1) is 0 Å². The van der Waals surface area contributed by atoms with Crippen molar-refractivity contribution in [1.82, 2.24) is 14.7 Å². The fourth-order valence-electron chi connectivity index (χ4n) is 2.72. The van der Waals surface area contributed by atoms with Crippen LogP contribution >= 0.6 is 0 Å². The minimum Gasteiger partial charge on any atom is -0.342 e. The largest absolute Gasteiger partial charge is 0.342 e. The Kier molecular flexibility index (Phi) is 4.36. The molecule has 2 rings (SSSR count). The first-order valence-corrected chi connectivity index (χ1v) is 6.61. The molecule has 5 nitrogen and oxygen atoms in total. The van der Waals surface area contributed by atoms with Gasteiger partial charge in [-0.2, -0.15) is 0 Å². The summed E-state index contributed by atoms with van der Waals surface area (Å²) in [5.41, 5.74) is 5.79. The van der Waals surface area contributed by atoms with E-state index in [1.54, 1.807) is 0 Å². The third kappa shape index (κ3) is 3.18. The molecule has 1 atom stereocenters. The van der Waals surface area contributed by atoms with E-state index in [2.05, 4.69) is 16.8 Å². The van der Waals surface area contributed by atoms with Crippen molar-refractivity contribution in [3.63, 3.8) is 0 Å². The van der Waals surface area contributed by atoms with Crippen molar-refractivity contribution < 1.29 is 4.79 Å². The number of nitrogens with zero attached hydrogens (tertiary/aromatic N) is 3. The minimum absolute atomic E-state index is 0.283. The van der Waals surface area contributed by atoms with Crippen LogP contribution in [0.2, 0.25) is 0 Å². The molecule has 0 spiro atoms. The lowest BCUT2D eigenvalue weighted by Gasteiger charge is -2.39. The Balaban J connectivity index is 1.86. The summed E-state index contributed by atoms with van der Waals surface area (Å²) >= 11 is 0. The van der Waals surface area contributed by atoms with Crippen molar-refractivity contribution in [3.8, 4) is 0 Å². The molecule has 0 bridgehead atoms. The van der Waals surface area contributed by atoms with E-state index in [0.29, 0.717) is 19.1 Å². The maximum Gasteiger partial charge on any atom is 0.236 e. The summed E-state index contributed by atoms with van der Waals surface area (Å²) in [7, 11) is 2.11. The van der Waals surface area contributed by atoms with Crippen molar-refractivity contribution in [1.29, 1.82) is 0 Å². The molecule has 2 N–H and O–H groups in total. The van der Waals surface area contributed by atoms with Gasteiger partial charge in [0, 0.05) is 45.3 Å². The fourth-order valence-corrected chi connectivity index (χ4v) is 2.72. The summed E-state index contributed by atoms with van der Waals surface area (Å²) in [4.78, 5) is 18.6. The van der Waals surface area contributed by atoms with Gasteiger partial charge in [-0.05, 0) is 19.9 Å². The van der Waals surface area contributed by atoms with Crippen LogP contribution in [-0.2, 0) is 4.79 Å². The second kappa shape index (κ2) is 5.80. The number of piperazine rings is 1. The van der Waals surface area contributed by atoms with Crippen LogP contribution in [0.15, 0.2) is 0 Å². The molecular weight excluding hydrogens is 216 g/mol. The summed E-state index contributed by atoms with van der Waals surface area (Å²) in [6, 6.07) is 0.334. The molecule has 0 aromatic rings. The fraction of sp³-hybridized carbons (Fsp3) is 0.917. The van der Waals surface area contributed by atoms with Gasteiger partial charge in [0.25, 0.3) is 0 Å². The molecule has 2 heterocycles. The average molecular weight is 240 g/mol. The predicted molar refractivity (Wildman–Crippen MR) is 67.7 cm³/mol. The molecule has 0 aromatic carbocycles. The summed E-state index contributed by atoms with van der Waals surface area (Å²) in [6.45, 7) is 6.04. The first-order valence-electron chi connectivity index (χ1n) is 6.61. The summed E-state index contributed by atoms with van der Waals surface area (Å²) < 4.78 is 0. The lowest BCUT2D eigenvalue weighted by Crippen LogP contribution is -2.57. The number of nitrogens with two attached hydrogens (primary N) is 1. The topological polar surface area (TPSA) is 52.8 Å². The number of rotatable bonds is 3. The number of likely N-dealkylation sites (tertiary alicyclic amines) is 1. The van der Waals surface area contributed by atoms with Gasteiger partial charge in [0.2, 0.25) is 5.91 Å². The van der Waals surface area contributed by atoms with Gasteiger partial charge in [0.05, 0.1) is 6.54 Å². The molecule has 2 fully saturated rings. The molecule has 2 aliphatic rings. The first kappa shape index (κ1) is 12.8. The van der Waals surface area contributed by atoms with E-state index >= 15 is 0 Å². The molecule has 0 saturated carbocycles. The molecule has 17 heavy (non-hydrogen) atoms. The number of carbonyl (C=O) groups is 1. The van der Waals surface area contributed by atoms with Crippen LogP contribution in [0.1, 0.15) is 12.8 Å². The van der Waals surface area contributed by atoms with Gasteiger partial charge >= 0.3 is 0 Å². The highest BCUT2D eigenvalue weighted by Crippen LogP contribution is 2.11. The predicted octanol–water partition coefficient (Wildman–Crippen LogP) is -0.816. The van der Waals surface area contributed by atoms with E-state index in [1.807, 2.05) is 4.90 Å². The number of hydrogen-bond acceptors (Lipinski definition) is 4. The molecule has 1 unspecified atom stereocenters. The highest BCUT2D eigenvalue weighted by Gasteiger charge is 2.27. The van der Waals surface area contributed by atoms with Crippen LogP contribution in [0.4, 0.5) is 0 Å². The molecule has 0 aliphatic carbocycles. The molecule has 98 valence electrons. The zero-order valence-electron chi connectivity index (χ0n) is 10.8. The highest BCUT2D eigenvalue weighted by molar-refractivity contribution is 5.78. The quantitative estimate of drug-likeness (QED) is 0.700. The van der Waals surface area contributed by atoms with E-state index in [1.165, 1.54) is 0 Å². The standard InChI is InChI=1S/C12H24N4O/c1-14-6-7-16(11(8-13)9-14)10-12(17)15-4-2-3-5-15/h11H,2-10,13H2,1H3. The molecule has 2 saturated heterocycles. The first-order chi connectivity index (χ1) is 8.20. The van der Waals surface area contributed by atoms with Crippen molar-refractivity contribution in [2.45, 2.75) is 18.9 Å². The maximum absolute atomic E-state index is 12.1. The van der Waals surface area contributed by atoms with E-state index in [9.17, 15) is 4.79 Å². The van der Waals surface area contributed by atoms with Gasteiger partial charge in [-0.3, -0.25) is 9.69 Å². The second-order valence-electron chi connectivity index (χ2n) is 5.21. The third-order valence-electron chi connectivity index (χ3n) is 3.88. The Morgan fingerprint density at radius 3 is 2.59 bits per heavy atom. The number of carbonyl (C=O) groups excluding carboxylic acids is 1. The van der Waals surface area contributed by atoms with Crippen molar-refractivity contribution >= 4 is 5.91 Å². The van der Waals surface area contributed by atoms with E-state index in [4.69, 9.17) is 5.73 Å². The van der Waals surface area contributed by atoms with Crippen molar-refractivity contribution in [2.24, 2.45) is 5.73 Å². The SMILES string of the molecule is CN1CCN(CC(=O)N2CCCC2)C(CN)C1. The Hall–Kier alpha value is -0.650. The smallest absolute Gasteiger partial charge is 0.236 e. The zero-order valence-corrected chi connectivity index (χ0v) is 10.8. The van der Waals surface area contributed by atoms with E-state index in [0.717, 1.165) is 45.6 Å². The lowest BCUT2D eigenvalue weighted by molar-refractivity contribution is -0.132. The van der Waals surface area contributed by atoms with Gasteiger partial charge < -0.3 is 15.5 Å². The molecule has 2 aliphatic heterocycles. The van der Waals surface area contributed by atoms with E-state index < -0.39 is 0 Å². The lowest BCUT2D eigenvalue weighted by atomic mass is 10.1. The van der Waals surface area contributed by atoms with E-state index in [-0.39, 0.29) is 5.91 Å². The number of likely N-dealkylation sites (N-methyl/N-ethyl adjacent to an activating group) is 1. The van der Waals surface area contributed by atoms with Gasteiger partial charge in [0.15, 0.2) is 0 Å². The van der Waals surface area contributed by atoms with Crippen LogP contribution in [0.3, 0.4) is 0 Å².